The van der Waals surface area contributed by atoms with E-state index in [1.807, 2.05) is 61.5 Å². The quantitative estimate of drug-likeness (QED) is 0.656. The molecule has 2 N–H and O–H groups in total. The molecule has 0 fully saturated rings. The van der Waals surface area contributed by atoms with E-state index >= 15 is 0 Å². The van der Waals surface area contributed by atoms with Gasteiger partial charge in [0.1, 0.15) is 11.5 Å². The first-order valence-corrected chi connectivity index (χ1v) is 8.14. The van der Waals surface area contributed by atoms with Crippen LogP contribution in [0.3, 0.4) is 0 Å². The molecular weight excluding hydrogens is 316 g/mol. The zero-order valence-electron chi connectivity index (χ0n) is 14.0. The van der Waals surface area contributed by atoms with Gasteiger partial charge in [0.05, 0.1) is 12.3 Å². The van der Waals surface area contributed by atoms with Crippen LogP contribution in [-0.4, -0.2) is 19.4 Å². The average Bonchev–Trinajstić information content (AvgIpc) is 2.64. The van der Waals surface area contributed by atoms with Gasteiger partial charge in [-0.15, -0.1) is 0 Å². The van der Waals surface area contributed by atoms with E-state index in [0.29, 0.717) is 12.4 Å². The summed E-state index contributed by atoms with van der Waals surface area (Å²) in [4.78, 5) is 12.1. The van der Waals surface area contributed by atoms with Gasteiger partial charge < -0.3 is 20.1 Å². The largest absolute Gasteiger partial charge is 0.494 e. The first kappa shape index (κ1) is 16.6. The Morgan fingerprint density at radius 3 is 2.32 bits per heavy atom. The second kappa shape index (κ2) is 8.06. The van der Waals surface area contributed by atoms with Crippen LogP contribution in [0, 0.1) is 0 Å². The predicted molar refractivity (Wildman–Crippen MR) is 99.2 cm³/mol. The minimum absolute atomic E-state index is 0.0740. The van der Waals surface area contributed by atoms with E-state index in [-0.39, 0.29) is 12.8 Å². The fourth-order valence-corrected chi connectivity index (χ4v) is 2.48. The van der Waals surface area contributed by atoms with Crippen molar-refractivity contribution in [3.63, 3.8) is 0 Å². The number of hydrogen-bond donors (Lipinski definition) is 2. The van der Waals surface area contributed by atoms with Crippen LogP contribution in [0.1, 0.15) is 6.92 Å². The Bertz CT molecular complexity index is 842. The summed E-state index contributed by atoms with van der Waals surface area (Å²) in [6.07, 6.45) is 0. The molecule has 5 heteroatoms. The molecular formula is C20H20N2O3. The molecule has 3 rings (SSSR count). The fraction of sp³-hybridized carbons (Fsp3) is 0.150. The molecule has 0 aliphatic rings. The molecule has 25 heavy (non-hydrogen) atoms. The van der Waals surface area contributed by atoms with Crippen LogP contribution < -0.4 is 20.1 Å². The summed E-state index contributed by atoms with van der Waals surface area (Å²) in [6, 6.07) is 20.6. The summed E-state index contributed by atoms with van der Waals surface area (Å²) >= 11 is 0. The van der Waals surface area contributed by atoms with Gasteiger partial charge in [0, 0.05) is 5.39 Å². The van der Waals surface area contributed by atoms with E-state index in [1.54, 1.807) is 12.1 Å². The smallest absolute Gasteiger partial charge is 0.321 e. The predicted octanol–water partition coefficient (Wildman–Crippen LogP) is 4.40. The van der Waals surface area contributed by atoms with Gasteiger partial charge in [-0.25, -0.2) is 4.79 Å². The Labute approximate surface area is 146 Å². The Kier molecular flexibility index (Phi) is 5.36. The fourth-order valence-electron chi connectivity index (χ4n) is 2.48. The first-order valence-electron chi connectivity index (χ1n) is 8.14. The molecule has 0 aromatic heterocycles. The van der Waals surface area contributed by atoms with Crippen LogP contribution >= 0.6 is 0 Å². The van der Waals surface area contributed by atoms with Crippen molar-refractivity contribution in [3.05, 3.63) is 66.7 Å². The second-order valence-corrected chi connectivity index (χ2v) is 5.35. The van der Waals surface area contributed by atoms with Crippen molar-refractivity contribution in [1.29, 1.82) is 0 Å². The SMILES string of the molecule is CCOc1ccc(OCNC(=O)Nc2cccc3ccccc23)cc1. The maximum Gasteiger partial charge on any atom is 0.321 e. The Hall–Kier alpha value is -3.21. The number of amides is 2. The summed E-state index contributed by atoms with van der Waals surface area (Å²) < 4.78 is 10.9. The molecule has 3 aromatic rings. The number of hydrogen-bond acceptors (Lipinski definition) is 3. The molecule has 0 spiro atoms. The molecule has 0 saturated carbocycles. The van der Waals surface area contributed by atoms with Gasteiger partial charge in [0.25, 0.3) is 0 Å². The van der Waals surface area contributed by atoms with Gasteiger partial charge in [-0.1, -0.05) is 36.4 Å². The standard InChI is InChI=1S/C20H20N2O3/c1-2-24-16-10-12-17(13-11-16)25-14-21-20(23)22-19-9-5-7-15-6-3-4-8-18(15)19/h3-13H,2,14H2,1H3,(H2,21,22,23). The number of carbonyl (C=O) groups excluding carboxylic acids is 1. The number of fused-ring (bicyclic) bond motifs is 1. The molecule has 5 nitrogen and oxygen atoms in total. The summed E-state index contributed by atoms with van der Waals surface area (Å²) in [7, 11) is 0. The number of anilines is 1. The highest BCUT2D eigenvalue weighted by Crippen LogP contribution is 2.22. The minimum Gasteiger partial charge on any atom is -0.494 e. The molecule has 0 heterocycles. The molecule has 0 unspecified atom stereocenters. The van der Waals surface area contributed by atoms with Crippen molar-refractivity contribution < 1.29 is 14.3 Å². The van der Waals surface area contributed by atoms with Gasteiger partial charge in [-0.3, -0.25) is 0 Å². The number of ether oxygens (including phenoxy) is 2. The summed E-state index contributed by atoms with van der Waals surface area (Å²) in [5.41, 5.74) is 0.761. The molecule has 2 amide bonds. The van der Waals surface area contributed by atoms with Crippen molar-refractivity contribution in [2.75, 3.05) is 18.7 Å². The van der Waals surface area contributed by atoms with Gasteiger partial charge in [-0.05, 0) is 42.6 Å². The van der Waals surface area contributed by atoms with Crippen LogP contribution in [0.25, 0.3) is 10.8 Å². The molecule has 0 aliphatic heterocycles. The lowest BCUT2D eigenvalue weighted by molar-refractivity contribution is 0.234. The van der Waals surface area contributed by atoms with Crippen molar-refractivity contribution in [1.82, 2.24) is 5.32 Å². The second-order valence-electron chi connectivity index (χ2n) is 5.35. The number of nitrogens with one attached hydrogen (secondary N) is 2. The first-order chi connectivity index (χ1) is 12.3. The summed E-state index contributed by atoms with van der Waals surface area (Å²) in [5.74, 6) is 1.45. The van der Waals surface area contributed by atoms with Crippen LogP contribution in [0.15, 0.2) is 66.7 Å². The highest BCUT2D eigenvalue weighted by atomic mass is 16.5. The normalized spacial score (nSPS) is 10.3. The molecule has 0 saturated heterocycles. The third-order valence-corrected chi connectivity index (χ3v) is 3.64. The lowest BCUT2D eigenvalue weighted by Gasteiger charge is -2.11. The zero-order valence-corrected chi connectivity index (χ0v) is 14.0. The molecule has 0 bridgehead atoms. The Balaban J connectivity index is 1.52. The van der Waals surface area contributed by atoms with Crippen LogP contribution in [0.2, 0.25) is 0 Å². The number of urea groups is 1. The zero-order chi connectivity index (χ0) is 17.5. The monoisotopic (exact) mass is 336 g/mol. The summed E-state index contributed by atoms with van der Waals surface area (Å²) in [5, 5.41) is 7.60. The lowest BCUT2D eigenvalue weighted by atomic mass is 10.1. The van der Waals surface area contributed by atoms with Crippen LogP contribution in [0.5, 0.6) is 11.5 Å². The van der Waals surface area contributed by atoms with Crippen molar-refractivity contribution in [2.45, 2.75) is 6.92 Å². The van der Waals surface area contributed by atoms with Gasteiger partial charge in [-0.2, -0.15) is 0 Å². The third kappa shape index (κ3) is 4.41. The third-order valence-electron chi connectivity index (χ3n) is 3.64. The van der Waals surface area contributed by atoms with Gasteiger partial charge in [0.15, 0.2) is 6.73 Å². The molecule has 0 radical (unpaired) electrons. The molecule has 0 aliphatic carbocycles. The van der Waals surface area contributed by atoms with Crippen molar-refractivity contribution in [3.8, 4) is 11.5 Å². The summed E-state index contributed by atoms with van der Waals surface area (Å²) in [6.45, 7) is 2.63. The number of rotatable bonds is 6. The van der Waals surface area contributed by atoms with E-state index in [1.165, 1.54) is 0 Å². The van der Waals surface area contributed by atoms with E-state index in [4.69, 9.17) is 9.47 Å². The van der Waals surface area contributed by atoms with Crippen molar-refractivity contribution >= 4 is 22.5 Å². The highest BCUT2D eigenvalue weighted by molar-refractivity contribution is 6.01. The highest BCUT2D eigenvalue weighted by Gasteiger charge is 2.05. The van der Waals surface area contributed by atoms with E-state index in [2.05, 4.69) is 10.6 Å². The molecule has 3 aromatic carbocycles. The van der Waals surface area contributed by atoms with E-state index < -0.39 is 0 Å². The van der Waals surface area contributed by atoms with E-state index in [0.717, 1.165) is 22.2 Å². The van der Waals surface area contributed by atoms with Gasteiger partial charge >= 0.3 is 6.03 Å². The lowest BCUT2D eigenvalue weighted by Crippen LogP contribution is -2.32. The van der Waals surface area contributed by atoms with E-state index in [9.17, 15) is 4.79 Å². The molecule has 0 atom stereocenters. The number of benzene rings is 3. The Morgan fingerprint density at radius 1 is 0.880 bits per heavy atom. The van der Waals surface area contributed by atoms with Crippen LogP contribution in [0.4, 0.5) is 10.5 Å². The Morgan fingerprint density at radius 2 is 1.56 bits per heavy atom. The van der Waals surface area contributed by atoms with Gasteiger partial charge in [0.2, 0.25) is 0 Å². The minimum atomic E-state index is -0.317. The van der Waals surface area contributed by atoms with Crippen molar-refractivity contribution in [2.24, 2.45) is 0 Å². The topological polar surface area (TPSA) is 59.6 Å². The maximum absolute atomic E-state index is 12.1. The average molecular weight is 336 g/mol. The maximum atomic E-state index is 12.1. The molecule has 128 valence electrons. The van der Waals surface area contributed by atoms with Crippen LogP contribution in [-0.2, 0) is 0 Å². The number of carbonyl (C=O) groups is 1.